The molecule has 0 amide bonds. The van der Waals surface area contributed by atoms with Gasteiger partial charge in [-0.15, -0.1) is 0 Å². The third-order valence-electron chi connectivity index (χ3n) is 2.37. The van der Waals surface area contributed by atoms with E-state index in [1.807, 2.05) is 0 Å². The van der Waals surface area contributed by atoms with Crippen molar-refractivity contribution in [3.8, 4) is 11.3 Å². The molecule has 2 aromatic rings. The summed E-state index contributed by atoms with van der Waals surface area (Å²) in [5.41, 5.74) is -0.775. The molecular formula is C11H8F4N4. The number of hydrogen-bond acceptors (Lipinski definition) is 3. The lowest BCUT2D eigenvalue weighted by Crippen LogP contribution is -2.08. The van der Waals surface area contributed by atoms with E-state index in [9.17, 15) is 17.6 Å². The molecule has 0 aliphatic heterocycles. The Morgan fingerprint density at radius 3 is 2.63 bits per heavy atom. The van der Waals surface area contributed by atoms with E-state index < -0.39 is 17.6 Å². The van der Waals surface area contributed by atoms with Gasteiger partial charge in [0.1, 0.15) is 17.2 Å². The van der Waals surface area contributed by atoms with E-state index in [-0.39, 0.29) is 17.0 Å². The maximum atomic E-state index is 13.2. The molecule has 1 aromatic heterocycles. The number of aromatic amines is 1. The van der Waals surface area contributed by atoms with E-state index in [0.717, 1.165) is 6.07 Å². The molecule has 0 bridgehead atoms. The van der Waals surface area contributed by atoms with Gasteiger partial charge < -0.3 is 0 Å². The van der Waals surface area contributed by atoms with Gasteiger partial charge in [-0.25, -0.2) is 4.39 Å². The number of hydrogen-bond donors (Lipinski definition) is 1. The molecule has 1 heterocycles. The Labute approximate surface area is 105 Å². The fraction of sp³-hybridized carbons (Fsp3) is 0.182. The average Bonchev–Trinajstić information content (AvgIpc) is 2.77. The molecule has 0 aliphatic rings. The molecule has 19 heavy (non-hydrogen) atoms. The van der Waals surface area contributed by atoms with Crippen LogP contribution >= 0.6 is 0 Å². The smallest absolute Gasteiger partial charge is 0.294 e. The Hall–Kier alpha value is -2.25. The second-order valence-electron chi connectivity index (χ2n) is 3.64. The number of aliphatic imine (C=N–C) groups is 1. The zero-order chi connectivity index (χ0) is 14.0. The number of benzene rings is 1. The number of alkyl halides is 3. The Kier molecular flexibility index (Phi) is 3.32. The molecule has 1 N–H and O–H groups in total. The van der Waals surface area contributed by atoms with Crippen molar-refractivity contribution in [1.82, 2.24) is 15.4 Å². The molecule has 0 aliphatic carbocycles. The molecule has 2 rings (SSSR count). The largest absolute Gasteiger partial charge is 0.419 e. The summed E-state index contributed by atoms with van der Waals surface area (Å²) < 4.78 is 51.0. The molecule has 0 unspecified atom stereocenters. The van der Waals surface area contributed by atoms with E-state index in [2.05, 4.69) is 20.4 Å². The summed E-state index contributed by atoms with van der Waals surface area (Å²) in [6.07, 6.45) is -3.42. The van der Waals surface area contributed by atoms with Gasteiger partial charge in [-0.05, 0) is 18.2 Å². The van der Waals surface area contributed by atoms with Gasteiger partial charge in [0.25, 0.3) is 0 Å². The normalized spacial score (nSPS) is 12.3. The summed E-state index contributed by atoms with van der Waals surface area (Å²) in [7, 11) is 1.49. The van der Waals surface area contributed by atoms with Gasteiger partial charge in [-0.3, -0.25) is 4.99 Å². The molecule has 100 valence electrons. The predicted molar refractivity (Wildman–Crippen MR) is 60.3 cm³/mol. The van der Waals surface area contributed by atoms with Crippen molar-refractivity contribution < 1.29 is 17.6 Å². The summed E-state index contributed by atoms with van der Waals surface area (Å²) in [6, 6.07) is 2.65. The fourth-order valence-electron chi connectivity index (χ4n) is 1.55. The SMILES string of the molecule is CN=Cc1n[nH]nc1-c1ccc(F)c(C(F)(F)F)c1. The summed E-state index contributed by atoms with van der Waals surface area (Å²) in [4.78, 5) is 3.71. The van der Waals surface area contributed by atoms with E-state index in [0.29, 0.717) is 6.07 Å². The van der Waals surface area contributed by atoms with Crippen molar-refractivity contribution in [1.29, 1.82) is 0 Å². The molecule has 0 saturated carbocycles. The highest BCUT2D eigenvalue weighted by Gasteiger charge is 2.34. The Bertz CT molecular complexity index is 615. The van der Waals surface area contributed by atoms with Crippen molar-refractivity contribution in [2.45, 2.75) is 6.18 Å². The van der Waals surface area contributed by atoms with Crippen LogP contribution in [0.15, 0.2) is 23.2 Å². The minimum atomic E-state index is -4.76. The number of aromatic nitrogens is 3. The van der Waals surface area contributed by atoms with Crippen LogP contribution < -0.4 is 0 Å². The minimum Gasteiger partial charge on any atom is -0.294 e. The van der Waals surface area contributed by atoms with Crippen LogP contribution in [0.5, 0.6) is 0 Å². The highest BCUT2D eigenvalue weighted by Crippen LogP contribution is 2.34. The maximum Gasteiger partial charge on any atom is 0.419 e. The first-order valence-electron chi connectivity index (χ1n) is 5.13. The highest BCUT2D eigenvalue weighted by molar-refractivity contribution is 5.86. The van der Waals surface area contributed by atoms with E-state index in [4.69, 9.17) is 0 Å². The fourth-order valence-corrected chi connectivity index (χ4v) is 1.55. The van der Waals surface area contributed by atoms with Gasteiger partial charge in [0, 0.05) is 12.6 Å². The molecule has 0 radical (unpaired) electrons. The standard InChI is InChI=1S/C11H8F4N4/c1-16-5-9-10(18-19-17-9)6-2-3-8(12)7(4-6)11(13,14)15/h2-5H,1H3,(H,17,18,19). The van der Waals surface area contributed by atoms with Gasteiger partial charge in [-0.2, -0.15) is 28.6 Å². The molecule has 4 nitrogen and oxygen atoms in total. The molecule has 0 saturated heterocycles. The van der Waals surface area contributed by atoms with E-state index in [1.165, 1.54) is 19.3 Å². The lowest BCUT2D eigenvalue weighted by molar-refractivity contribution is -0.139. The van der Waals surface area contributed by atoms with Crippen molar-refractivity contribution >= 4 is 6.21 Å². The van der Waals surface area contributed by atoms with Crippen LogP contribution in [0.1, 0.15) is 11.3 Å². The van der Waals surface area contributed by atoms with Crippen molar-refractivity contribution in [2.24, 2.45) is 4.99 Å². The monoisotopic (exact) mass is 272 g/mol. The number of rotatable bonds is 2. The number of H-pyrrole nitrogens is 1. The van der Waals surface area contributed by atoms with Gasteiger partial charge in [0.15, 0.2) is 0 Å². The zero-order valence-electron chi connectivity index (χ0n) is 9.66. The van der Waals surface area contributed by atoms with E-state index in [1.54, 1.807) is 0 Å². The van der Waals surface area contributed by atoms with Crippen molar-refractivity contribution in [2.75, 3.05) is 7.05 Å². The topological polar surface area (TPSA) is 53.9 Å². The quantitative estimate of drug-likeness (QED) is 0.675. The molecule has 0 fully saturated rings. The first-order chi connectivity index (χ1) is 8.93. The first kappa shape index (κ1) is 13.2. The van der Waals surface area contributed by atoms with Gasteiger partial charge >= 0.3 is 6.18 Å². The first-order valence-corrected chi connectivity index (χ1v) is 5.13. The number of halogens is 4. The minimum absolute atomic E-state index is 0.109. The van der Waals surface area contributed by atoms with Gasteiger partial charge in [0.2, 0.25) is 0 Å². The molecule has 1 aromatic carbocycles. The third kappa shape index (κ3) is 2.61. The second-order valence-corrected chi connectivity index (χ2v) is 3.64. The average molecular weight is 272 g/mol. The Balaban J connectivity index is 2.55. The zero-order valence-corrected chi connectivity index (χ0v) is 9.66. The second kappa shape index (κ2) is 4.79. The van der Waals surface area contributed by atoms with Crippen LogP contribution in [0.25, 0.3) is 11.3 Å². The summed E-state index contributed by atoms with van der Waals surface area (Å²) in [5, 5.41) is 9.77. The van der Waals surface area contributed by atoms with Crippen LogP contribution in [-0.4, -0.2) is 28.7 Å². The lowest BCUT2D eigenvalue weighted by Gasteiger charge is -2.09. The van der Waals surface area contributed by atoms with Crippen molar-refractivity contribution in [3.05, 3.63) is 35.3 Å². The Morgan fingerprint density at radius 1 is 1.26 bits per heavy atom. The van der Waals surface area contributed by atoms with Crippen LogP contribution in [-0.2, 0) is 6.18 Å². The maximum absolute atomic E-state index is 13.2. The lowest BCUT2D eigenvalue weighted by atomic mass is 10.1. The molecule has 0 atom stereocenters. The van der Waals surface area contributed by atoms with Gasteiger partial charge in [0.05, 0.1) is 11.8 Å². The summed E-state index contributed by atoms with van der Waals surface area (Å²) in [6.45, 7) is 0. The highest BCUT2D eigenvalue weighted by atomic mass is 19.4. The molecular weight excluding hydrogens is 264 g/mol. The summed E-state index contributed by atoms with van der Waals surface area (Å²) >= 11 is 0. The van der Waals surface area contributed by atoms with Crippen LogP contribution in [0, 0.1) is 5.82 Å². The van der Waals surface area contributed by atoms with E-state index >= 15 is 0 Å². The van der Waals surface area contributed by atoms with Crippen LogP contribution in [0.4, 0.5) is 17.6 Å². The third-order valence-corrected chi connectivity index (χ3v) is 2.37. The number of nitrogens with zero attached hydrogens (tertiary/aromatic N) is 3. The molecule has 0 spiro atoms. The van der Waals surface area contributed by atoms with Crippen molar-refractivity contribution in [3.63, 3.8) is 0 Å². The molecule has 8 heteroatoms. The Morgan fingerprint density at radius 2 is 2.00 bits per heavy atom. The number of nitrogens with one attached hydrogen (secondary N) is 1. The van der Waals surface area contributed by atoms with Gasteiger partial charge in [-0.1, -0.05) is 0 Å². The summed E-state index contributed by atoms with van der Waals surface area (Å²) in [5.74, 6) is -1.33. The van der Waals surface area contributed by atoms with Crippen LogP contribution in [0.2, 0.25) is 0 Å². The predicted octanol–water partition coefficient (Wildman–Crippen LogP) is 2.68. The van der Waals surface area contributed by atoms with Crippen LogP contribution in [0.3, 0.4) is 0 Å².